The van der Waals surface area contributed by atoms with Crippen LogP contribution in [0.25, 0.3) is 10.9 Å². The van der Waals surface area contributed by atoms with E-state index in [1.807, 2.05) is 60.7 Å². The zero-order chi connectivity index (χ0) is 22.8. The minimum absolute atomic E-state index is 0.295. The van der Waals surface area contributed by atoms with Crippen LogP contribution in [0.15, 0.2) is 84.9 Å². The average Bonchev–Trinajstić information content (AvgIpc) is 3.31. The molecule has 1 aliphatic carbocycles. The van der Waals surface area contributed by atoms with Crippen molar-refractivity contribution in [1.29, 1.82) is 0 Å². The molecule has 5 rings (SSSR count). The number of methoxy groups -OCH3 is 1. The van der Waals surface area contributed by atoms with Crippen LogP contribution >= 0.6 is 0 Å². The molecule has 0 amide bonds. The summed E-state index contributed by atoms with van der Waals surface area (Å²) in [6.07, 6.45) is 1.24. The molecule has 166 valence electrons. The Morgan fingerprint density at radius 2 is 1.61 bits per heavy atom. The minimum Gasteiger partial charge on any atom is -0.487 e. The number of fused-ring (bicyclic) bond motifs is 2. The fraction of sp³-hybridized carbons (Fsp3) is 0.214. The second-order valence-corrected chi connectivity index (χ2v) is 8.44. The number of carbonyl (C=O) groups is 1. The van der Waals surface area contributed by atoms with Gasteiger partial charge in [0.1, 0.15) is 12.4 Å². The molecule has 1 atom stereocenters. The van der Waals surface area contributed by atoms with Gasteiger partial charge in [0.2, 0.25) is 0 Å². The number of nitrogens with zero attached hydrogens (tertiary/aromatic N) is 1. The Morgan fingerprint density at radius 1 is 0.939 bits per heavy atom. The maximum absolute atomic E-state index is 12.8. The van der Waals surface area contributed by atoms with Crippen molar-refractivity contribution >= 4 is 16.9 Å². The standard InChI is InChI=1S/C28H25NO4/c1-32-27(30)28(31,23-16-20-7-2-3-8-21(20)17-23)22-11-14-25(15-12-22)33-18-24-13-10-19-6-4-5-9-26(19)29-24/h2-15,23,31H,16-18H2,1H3. The molecule has 0 radical (unpaired) electrons. The number of hydrogen-bond donors (Lipinski definition) is 1. The molecule has 5 nitrogen and oxygen atoms in total. The largest absolute Gasteiger partial charge is 0.487 e. The van der Waals surface area contributed by atoms with Crippen molar-refractivity contribution in [2.75, 3.05) is 7.11 Å². The van der Waals surface area contributed by atoms with Crippen LogP contribution in [-0.2, 0) is 34.6 Å². The number of ether oxygens (including phenoxy) is 2. The van der Waals surface area contributed by atoms with Crippen molar-refractivity contribution in [3.05, 3.63) is 107 Å². The maximum Gasteiger partial charge on any atom is 0.342 e. The molecule has 0 saturated heterocycles. The summed E-state index contributed by atoms with van der Waals surface area (Å²) in [6, 6.07) is 27.0. The van der Waals surface area contributed by atoms with Gasteiger partial charge in [-0.05, 0) is 53.8 Å². The Balaban J connectivity index is 1.34. The van der Waals surface area contributed by atoms with Gasteiger partial charge in [-0.1, -0.05) is 60.7 Å². The van der Waals surface area contributed by atoms with Crippen LogP contribution in [0.5, 0.6) is 5.75 Å². The van der Waals surface area contributed by atoms with Crippen LogP contribution in [0.3, 0.4) is 0 Å². The van der Waals surface area contributed by atoms with Gasteiger partial charge in [0.05, 0.1) is 18.3 Å². The molecule has 5 heteroatoms. The molecule has 3 aromatic carbocycles. The number of pyridine rings is 1. The molecule has 0 aliphatic heterocycles. The summed E-state index contributed by atoms with van der Waals surface area (Å²) in [5.74, 6) is -0.305. The molecule has 1 heterocycles. The quantitative estimate of drug-likeness (QED) is 0.445. The Hall–Kier alpha value is -3.70. The third-order valence-electron chi connectivity index (χ3n) is 6.48. The number of benzene rings is 3. The molecule has 33 heavy (non-hydrogen) atoms. The van der Waals surface area contributed by atoms with E-state index in [1.165, 1.54) is 7.11 Å². The molecule has 0 spiro atoms. The van der Waals surface area contributed by atoms with Crippen LogP contribution in [0, 0.1) is 5.92 Å². The average molecular weight is 440 g/mol. The molecular formula is C28H25NO4. The van der Waals surface area contributed by atoms with E-state index in [0.717, 1.165) is 27.7 Å². The van der Waals surface area contributed by atoms with E-state index in [4.69, 9.17) is 9.47 Å². The first-order chi connectivity index (χ1) is 16.1. The van der Waals surface area contributed by atoms with E-state index in [1.54, 1.807) is 24.3 Å². The Kier molecular flexibility index (Phi) is 5.56. The molecule has 1 unspecified atom stereocenters. The lowest BCUT2D eigenvalue weighted by molar-refractivity contribution is -0.170. The molecule has 1 aliphatic rings. The van der Waals surface area contributed by atoms with Crippen LogP contribution in [-0.4, -0.2) is 23.2 Å². The zero-order valence-corrected chi connectivity index (χ0v) is 18.4. The maximum atomic E-state index is 12.8. The molecule has 4 aromatic rings. The van der Waals surface area contributed by atoms with Crippen molar-refractivity contribution in [2.45, 2.75) is 25.0 Å². The predicted molar refractivity (Wildman–Crippen MR) is 126 cm³/mol. The van der Waals surface area contributed by atoms with Crippen molar-refractivity contribution in [3.8, 4) is 5.75 Å². The van der Waals surface area contributed by atoms with Gasteiger partial charge >= 0.3 is 5.97 Å². The van der Waals surface area contributed by atoms with Crippen LogP contribution in [0.4, 0.5) is 0 Å². The highest BCUT2D eigenvalue weighted by Crippen LogP contribution is 2.41. The summed E-state index contributed by atoms with van der Waals surface area (Å²) in [6.45, 7) is 0.323. The molecule has 0 bridgehead atoms. The van der Waals surface area contributed by atoms with Crippen molar-refractivity contribution in [2.24, 2.45) is 5.92 Å². The van der Waals surface area contributed by atoms with Gasteiger partial charge in [0.15, 0.2) is 5.60 Å². The molecule has 0 fully saturated rings. The smallest absolute Gasteiger partial charge is 0.342 e. The Morgan fingerprint density at radius 3 is 2.30 bits per heavy atom. The fourth-order valence-electron chi connectivity index (χ4n) is 4.68. The van der Waals surface area contributed by atoms with Crippen molar-refractivity contribution in [3.63, 3.8) is 0 Å². The monoisotopic (exact) mass is 439 g/mol. The van der Waals surface area contributed by atoms with Crippen LogP contribution in [0.2, 0.25) is 0 Å². The summed E-state index contributed by atoms with van der Waals surface area (Å²) < 4.78 is 10.9. The molecule has 1 N–H and O–H groups in total. The van der Waals surface area contributed by atoms with E-state index < -0.39 is 11.6 Å². The highest BCUT2D eigenvalue weighted by molar-refractivity contribution is 5.82. The lowest BCUT2D eigenvalue weighted by Gasteiger charge is -2.31. The van der Waals surface area contributed by atoms with E-state index >= 15 is 0 Å². The number of esters is 1. The summed E-state index contributed by atoms with van der Waals surface area (Å²) >= 11 is 0. The lowest BCUT2D eigenvalue weighted by Crippen LogP contribution is -2.44. The summed E-state index contributed by atoms with van der Waals surface area (Å²) in [4.78, 5) is 17.4. The number of rotatable bonds is 6. The number of carbonyl (C=O) groups excluding carboxylic acids is 1. The highest BCUT2D eigenvalue weighted by atomic mass is 16.5. The number of aromatic nitrogens is 1. The van der Waals surface area contributed by atoms with Gasteiger partial charge < -0.3 is 14.6 Å². The zero-order valence-electron chi connectivity index (χ0n) is 18.4. The van der Waals surface area contributed by atoms with E-state index in [2.05, 4.69) is 4.98 Å². The summed E-state index contributed by atoms with van der Waals surface area (Å²) in [5, 5.41) is 12.7. The van der Waals surface area contributed by atoms with Crippen LogP contribution < -0.4 is 4.74 Å². The molecule has 0 saturated carbocycles. The minimum atomic E-state index is -1.73. The SMILES string of the molecule is COC(=O)C(O)(c1ccc(OCc2ccc3ccccc3n2)cc1)C1Cc2ccccc2C1. The van der Waals surface area contributed by atoms with Gasteiger partial charge in [-0.3, -0.25) is 0 Å². The van der Waals surface area contributed by atoms with E-state index in [-0.39, 0.29) is 5.92 Å². The van der Waals surface area contributed by atoms with Gasteiger partial charge in [-0.15, -0.1) is 0 Å². The van der Waals surface area contributed by atoms with E-state index in [0.29, 0.717) is 30.8 Å². The normalized spacial score (nSPS) is 15.1. The van der Waals surface area contributed by atoms with Gasteiger partial charge in [-0.2, -0.15) is 0 Å². The third kappa shape index (κ3) is 3.96. The number of para-hydroxylation sites is 1. The Labute approximate surface area is 192 Å². The van der Waals surface area contributed by atoms with Gasteiger partial charge in [0, 0.05) is 11.3 Å². The second kappa shape index (κ2) is 8.68. The first-order valence-corrected chi connectivity index (χ1v) is 11.0. The topological polar surface area (TPSA) is 68.7 Å². The molecular weight excluding hydrogens is 414 g/mol. The number of hydrogen-bond acceptors (Lipinski definition) is 5. The summed E-state index contributed by atoms with van der Waals surface area (Å²) in [5.41, 5.74) is 2.84. The first-order valence-electron chi connectivity index (χ1n) is 11.0. The van der Waals surface area contributed by atoms with Crippen LogP contribution in [0.1, 0.15) is 22.4 Å². The van der Waals surface area contributed by atoms with Gasteiger partial charge in [0.25, 0.3) is 0 Å². The third-order valence-corrected chi connectivity index (χ3v) is 6.48. The number of aliphatic hydroxyl groups is 1. The summed E-state index contributed by atoms with van der Waals surface area (Å²) in [7, 11) is 1.31. The first kappa shape index (κ1) is 21.2. The highest BCUT2D eigenvalue weighted by Gasteiger charge is 2.48. The predicted octanol–water partition coefficient (Wildman–Crippen LogP) is 4.59. The van der Waals surface area contributed by atoms with Gasteiger partial charge in [-0.25, -0.2) is 9.78 Å². The lowest BCUT2D eigenvalue weighted by atomic mass is 9.79. The van der Waals surface area contributed by atoms with Crippen molar-refractivity contribution in [1.82, 2.24) is 4.98 Å². The fourth-order valence-corrected chi connectivity index (χ4v) is 4.68. The Bertz CT molecular complexity index is 1280. The second-order valence-electron chi connectivity index (χ2n) is 8.44. The van der Waals surface area contributed by atoms with E-state index in [9.17, 15) is 9.90 Å². The van der Waals surface area contributed by atoms with Crippen molar-refractivity contribution < 1.29 is 19.4 Å². The molecule has 1 aromatic heterocycles.